The van der Waals surface area contributed by atoms with Gasteiger partial charge in [0.05, 0.1) is 0 Å². The molecule has 1 heterocycles. The molecule has 0 aliphatic carbocycles. The van der Waals surface area contributed by atoms with Crippen LogP contribution in [0.25, 0.3) is 11.3 Å². The van der Waals surface area contributed by atoms with Crippen LogP contribution in [0, 0.1) is 17.9 Å². The summed E-state index contributed by atoms with van der Waals surface area (Å²) in [6.07, 6.45) is 1.79. The Kier molecular flexibility index (Phi) is 12.7. The Hall–Kier alpha value is -1.82. The summed E-state index contributed by atoms with van der Waals surface area (Å²) in [6.45, 7) is 9.25. The van der Waals surface area contributed by atoms with E-state index >= 15 is 0 Å². The zero-order chi connectivity index (χ0) is 12.2. The van der Waals surface area contributed by atoms with Crippen molar-refractivity contribution in [3.8, 4) is 11.3 Å². The van der Waals surface area contributed by atoms with Gasteiger partial charge in [-0.15, -0.1) is 35.9 Å². The van der Waals surface area contributed by atoms with E-state index in [4.69, 9.17) is 16.6 Å². The summed E-state index contributed by atoms with van der Waals surface area (Å²) >= 11 is 0. The first-order chi connectivity index (χ1) is 7.97. The van der Waals surface area contributed by atoms with E-state index in [-0.39, 0.29) is 20.1 Å². The first-order valence-electron chi connectivity index (χ1n) is 4.28. The zero-order valence-electron chi connectivity index (χ0n) is 8.75. The molecule has 85 valence electrons. The predicted molar refractivity (Wildman–Crippen MR) is 59.2 cm³/mol. The number of pyridine rings is 1. The maximum Gasteiger partial charge on any atom is 3.00 e. The smallest absolute Gasteiger partial charge is 0.573 e. The number of aromatic nitrogens is 1. The molecule has 0 bridgehead atoms. The van der Waals surface area contributed by atoms with E-state index in [0.717, 1.165) is 11.3 Å². The summed E-state index contributed by atoms with van der Waals surface area (Å²) in [5, 5.41) is 6.25. The third-order valence-corrected chi connectivity index (χ3v) is 1.65. The van der Waals surface area contributed by atoms with Crippen molar-refractivity contribution < 1.29 is 24.9 Å². The fourth-order valence-electron chi connectivity index (χ4n) is 1.07. The van der Waals surface area contributed by atoms with E-state index in [1.54, 1.807) is 6.20 Å². The second kappa shape index (κ2) is 12.2. The summed E-state index contributed by atoms with van der Waals surface area (Å²) in [5.41, 5.74) is 2.01. The molecule has 0 amide bonds. The molecule has 0 aliphatic heterocycles. The third-order valence-electron chi connectivity index (χ3n) is 1.65. The van der Waals surface area contributed by atoms with Crippen molar-refractivity contribution in [2.75, 3.05) is 0 Å². The average molecular weight is 400 g/mol. The molecule has 4 heteroatoms. The second-order valence-corrected chi connectivity index (χ2v) is 2.49. The molecule has 2 rings (SSSR count). The van der Waals surface area contributed by atoms with Crippen LogP contribution in [0.1, 0.15) is 0 Å². The Morgan fingerprint density at radius 3 is 2.18 bits per heavy atom. The number of carbonyl (C=O) groups excluding carboxylic acids is 1. The van der Waals surface area contributed by atoms with Crippen LogP contribution >= 0.6 is 0 Å². The standard InChI is InChI=1S/C11H8N.CN.CO.Ir/c1-2-6-10(7-3-1)11-8-4-5-9-12-11;2*1-2;/h1-6,8-9H;;;/q3*-1;+3. The number of hydrogen-bond acceptors (Lipinski definition) is 3. The molecule has 0 saturated carbocycles. The number of hydrogen-bond donors (Lipinski definition) is 0. The van der Waals surface area contributed by atoms with Gasteiger partial charge in [-0.25, -0.2) is 0 Å². The SMILES string of the molecule is [C-]#N.[C-]=O.[Ir+3].[c-]1ccccc1-c1ccccn1. The number of rotatable bonds is 1. The van der Waals surface area contributed by atoms with E-state index in [9.17, 15) is 0 Å². The van der Waals surface area contributed by atoms with E-state index in [1.165, 1.54) is 0 Å². The van der Waals surface area contributed by atoms with E-state index < -0.39 is 0 Å². The normalized spacial score (nSPS) is 7.18. The van der Waals surface area contributed by atoms with Gasteiger partial charge in [0, 0.05) is 6.20 Å². The van der Waals surface area contributed by atoms with Crippen LogP contribution in [0.2, 0.25) is 0 Å². The van der Waals surface area contributed by atoms with Gasteiger partial charge in [0.15, 0.2) is 0 Å². The van der Waals surface area contributed by atoms with Gasteiger partial charge in [-0.1, -0.05) is 12.1 Å². The molecule has 1 radical (unpaired) electrons. The fraction of sp³-hybridized carbons (Fsp3) is 0. The number of nitrogens with zero attached hydrogens (tertiary/aromatic N) is 2. The van der Waals surface area contributed by atoms with Gasteiger partial charge < -0.3 is 28.4 Å². The van der Waals surface area contributed by atoms with Crippen LogP contribution in [-0.2, 0) is 24.9 Å². The molecule has 0 aliphatic rings. The molecule has 0 fully saturated rings. The Morgan fingerprint density at radius 1 is 1.06 bits per heavy atom. The van der Waals surface area contributed by atoms with Crippen molar-refractivity contribution in [3.05, 3.63) is 61.3 Å². The summed E-state index contributed by atoms with van der Waals surface area (Å²) in [4.78, 5) is 11.7. The molecule has 0 atom stereocenters. The maximum atomic E-state index is 7.50. The van der Waals surface area contributed by atoms with Crippen LogP contribution in [0.5, 0.6) is 0 Å². The number of benzene rings is 1. The van der Waals surface area contributed by atoms with Crippen LogP contribution in [0.4, 0.5) is 0 Å². The minimum absolute atomic E-state index is 0. The fourth-order valence-corrected chi connectivity index (χ4v) is 1.07. The maximum absolute atomic E-state index is 7.50. The zero-order valence-corrected chi connectivity index (χ0v) is 11.1. The predicted octanol–water partition coefficient (Wildman–Crippen LogP) is 2.25. The Balaban J connectivity index is 0. The topological polar surface area (TPSA) is 53.8 Å². The van der Waals surface area contributed by atoms with Crippen molar-refractivity contribution >= 4 is 6.79 Å². The molecular weight excluding hydrogens is 392 g/mol. The minimum atomic E-state index is 0. The molecule has 17 heavy (non-hydrogen) atoms. The molecular formula is C13H8IrN2O. The van der Waals surface area contributed by atoms with E-state index in [1.807, 2.05) is 42.5 Å². The van der Waals surface area contributed by atoms with Gasteiger partial charge in [0.1, 0.15) is 0 Å². The Morgan fingerprint density at radius 2 is 1.71 bits per heavy atom. The van der Waals surface area contributed by atoms with Crippen molar-refractivity contribution in [3.63, 3.8) is 0 Å². The molecule has 3 nitrogen and oxygen atoms in total. The third kappa shape index (κ3) is 6.36. The molecule has 1 aromatic heterocycles. The Bertz CT molecular complexity index is 366. The van der Waals surface area contributed by atoms with Gasteiger partial charge in [0.2, 0.25) is 0 Å². The van der Waals surface area contributed by atoms with Crippen molar-refractivity contribution in [2.45, 2.75) is 0 Å². The summed E-state index contributed by atoms with van der Waals surface area (Å²) < 4.78 is 0. The van der Waals surface area contributed by atoms with Crippen molar-refractivity contribution in [2.24, 2.45) is 0 Å². The van der Waals surface area contributed by atoms with Gasteiger partial charge in [-0.3, -0.25) is 0 Å². The largest absolute Gasteiger partial charge is 3.00 e. The molecule has 0 unspecified atom stereocenters. The summed E-state index contributed by atoms with van der Waals surface area (Å²) in [6, 6.07) is 16.8. The van der Waals surface area contributed by atoms with E-state index in [2.05, 4.69) is 17.8 Å². The minimum Gasteiger partial charge on any atom is -0.573 e. The molecule has 1 aromatic carbocycles. The average Bonchev–Trinajstić information content (AvgIpc) is 2.45. The molecule has 0 saturated heterocycles. The van der Waals surface area contributed by atoms with Crippen molar-refractivity contribution in [1.82, 2.24) is 4.98 Å². The van der Waals surface area contributed by atoms with E-state index in [0.29, 0.717) is 0 Å². The molecule has 2 aromatic rings. The second-order valence-electron chi connectivity index (χ2n) is 2.49. The van der Waals surface area contributed by atoms with Gasteiger partial charge in [-0.05, 0) is 11.8 Å². The summed E-state index contributed by atoms with van der Waals surface area (Å²) in [7, 11) is 0. The summed E-state index contributed by atoms with van der Waals surface area (Å²) in [5.74, 6) is 0. The monoisotopic (exact) mass is 401 g/mol. The van der Waals surface area contributed by atoms with Gasteiger partial charge in [0.25, 0.3) is 0 Å². The quantitative estimate of drug-likeness (QED) is 0.690. The van der Waals surface area contributed by atoms with Gasteiger partial charge in [-0.2, -0.15) is 0 Å². The van der Waals surface area contributed by atoms with Gasteiger partial charge >= 0.3 is 20.1 Å². The first-order valence-corrected chi connectivity index (χ1v) is 4.28. The van der Waals surface area contributed by atoms with Crippen LogP contribution in [-0.4, -0.2) is 11.8 Å². The molecule has 0 N–H and O–H groups in total. The van der Waals surface area contributed by atoms with Crippen molar-refractivity contribution in [1.29, 1.82) is 5.26 Å². The molecule has 0 spiro atoms. The van der Waals surface area contributed by atoms with Crippen LogP contribution in [0.15, 0.2) is 48.7 Å². The van der Waals surface area contributed by atoms with Crippen LogP contribution < -0.4 is 0 Å². The Labute approximate surface area is 114 Å². The first kappa shape index (κ1) is 17.6. The van der Waals surface area contributed by atoms with Crippen LogP contribution in [0.3, 0.4) is 0 Å².